The summed E-state index contributed by atoms with van der Waals surface area (Å²) in [6, 6.07) is 8.51. The number of carbonyl (C=O) groups excluding carboxylic acids is 1. The third-order valence-electron chi connectivity index (χ3n) is 5.49. The van der Waals surface area contributed by atoms with Crippen molar-refractivity contribution in [1.29, 1.82) is 0 Å². The first-order valence-corrected chi connectivity index (χ1v) is 9.41. The lowest BCUT2D eigenvalue weighted by molar-refractivity contribution is -0.132. The number of piperidine rings is 1. The Balaban J connectivity index is 1.47. The van der Waals surface area contributed by atoms with Crippen LogP contribution in [0.4, 0.5) is 0 Å². The number of carbonyl (C=O) groups is 1. The lowest BCUT2D eigenvalue weighted by Crippen LogP contribution is -2.47. The maximum absolute atomic E-state index is 12.5. The van der Waals surface area contributed by atoms with Gasteiger partial charge in [0.2, 0.25) is 5.91 Å². The molecule has 3 rings (SSSR count). The summed E-state index contributed by atoms with van der Waals surface area (Å²) in [6.07, 6.45) is 8.22. The van der Waals surface area contributed by atoms with Crippen LogP contribution in [-0.4, -0.2) is 55.0 Å². The lowest BCUT2D eigenvalue weighted by Gasteiger charge is -2.38. The predicted octanol–water partition coefficient (Wildman–Crippen LogP) is 3.10. The van der Waals surface area contributed by atoms with Gasteiger partial charge in [0, 0.05) is 19.1 Å². The van der Waals surface area contributed by atoms with Gasteiger partial charge >= 0.3 is 0 Å². The molecule has 4 nitrogen and oxygen atoms in total. The topological polar surface area (TPSA) is 32.8 Å². The van der Waals surface area contributed by atoms with Crippen LogP contribution in [-0.2, 0) is 11.2 Å². The molecule has 2 aliphatic rings. The zero-order chi connectivity index (χ0) is 16.8. The van der Waals surface area contributed by atoms with Gasteiger partial charge < -0.3 is 14.5 Å². The minimum Gasteiger partial charge on any atom is -0.497 e. The summed E-state index contributed by atoms with van der Waals surface area (Å²) in [5.74, 6) is 1.10. The number of rotatable bonds is 4. The quantitative estimate of drug-likeness (QED) is 0.850. The highest BCUT2D eigenvalue weighted by atomic mass is 16.5. The molecule has 4 heteroatoms. The van der Waals surface area contributed by atoms with E-state index in [0.717, 1.165) is 37.2 Å². The van der Waals surface area contributed by atoms with Crippen molar-refractivity contribution < 1.29 is 9.53 Å². The van der Waals surface area contributed by atoms with Crippen molar-refractivity contribution >= 4 is 5.91 Å². The van der Waals surface area contributed by atoms with Gasteiger partial charge in [-0.1, -0.05) is 25.0 Å². The third-order valence-corrected chi connectivity index (χ3v) is 5.49. The molecule has 1 amide bonds. The highest BCUT2D eigenvalue weighted by Gasteiger charge is 2.27. The molecule has 1 aromatic rings. The average Bonchev–Trinajstić information content (AvgIpc) is 2.92. The summed E-state index contributed by atoms with van der Waals surface area (Å²) < 4.78 is 5.17. The van der Waals surface area contributed by atoms with Crippen LogP contribution in [0.5, 0.6) is 5.75 Å². The fraction of sp³-hybridized carbons (Fsp3) is 0.650. The van der Waals surface area contributed by atoms with Crippen LogP contribution in [0.25, 0.3) is 0 Å². The van der Waals surface area contributed by atoms with E-state index in [-0.39, 0.29) is 5.91 Å². The number of hydrogen-bond acceptors (Lipinski definition) is 3. The highest BCUT2D eigenvalue weighted by molar-refractivity contribution is 5.78. The second-order valence-electron chi connectivity index (χ2n) is 7.09. The molecule has 0 radical (unpaired) electrons. The van der Waals surface area contributed by atoms with E-state index in [1.165, 1.54) is 38.8 Å². The van der Waals surface area contributed by atoms with E-state index < -0.39 is 0 Å². The van der Waals surface area contributed by atoms with Crippen LogP contribution in [0.2, 0.25) is 0 Å². The zero-order valence-corrected chi connectivity index (χ0v) is 14.9. The standard InChI is InChI=1S/C20H30N2O2/c1-24-19-8-6-17(7-9-19)16-20(23)22-14-10-18(11-15-22)21-12-4-2-3-5-13-21/h6-9,18H,2-5,10-16H2,1H3. The fourth-order valence-corrected chi connectivity index (χ4v) is 3.97. The van der Waals surface area contributed by atoms with Crippen molar-refractivity contribution in [3.63, 3.8) is 0 Å². The second-order valence-corrected chi connectivity index (χ2v) is 7.09. The summed E-state index contributed by atoms with van der Waals surface area (Å²) in [4.78, 5) is 17.3. The average molecular weight is 330 g/mol. The van der Waals surface area contributed by atoms with Gasteiger partial charge in [-0.3, -0.25) is 4.79 Å². The van der Waals surface area contributed by atoms with E-state index in [9.17, 15) is 4.79 Å². The van der Waals surface area contributed by atoms with Crippen LogP contribution < -0.4 is 4.74 Å². The molecule has 1 aromatic carbocycles. The fourth-order valence-electron chi connectivity index (χ4n) is 3.97. The van der Waals surface area contributed by atoms with E-state index in [1.54, 1.807) is 7.11 Å². The number of nitrogens with zero attached hydrogens (tertiary/aromatic N) is 2. The number of benzene rings is 1. The molecule has 2 fully saturated rings. The van der Waals surface area contributed by atoms with Gasteiger partial charge in [0.05, 0.1) is 13.5 Å². The van der Waals surface area contributed by atoms with Crippen LogP contribution in [0, 0.1) is 0 Å². The summed E-state index contributed by atoms with van der Waals surface area (Å²) in [5.41, 5.74) is 1.07. The van der Waals surface area contributed by atoms with Gasteiger partial charge in [0.1, 0.15) is 5.75 Å². The highest BCUT2D eigenvalue weighted by Crippen LogP contribution is 2.21. The van der Waals surface area contributed by atoms with Crippen molar-refractivity contribution in [3.8, 4) is 5.75 Å². The number of methoxy groups -OCH3 is 1. The van der Waals surface area contributed by atoms with Crippen molar-refractivity contribution in [1.82, 2.24) is 9.80 Å². The van der Waals surface area contributed by atoms with Gasteiger partial charge in [0.25, 0.3) is 0 Å². The minimum atomic E-state index is 0.259. The molecule has 0 saturated carbocycles. The van der Waals surface area contributed by atoms with Crippen LogP contribution in [0.15, 0.2) is 24.3 Å². The molecule has 2 saturated heterocycles. The zero-order valence-electron chi connectivity index (χ0n) is 14.9. The molecule has 0 aromatic heterocycles. The summed E-state index contributed by atoms with van der Waals surface area (Å²) >= 11 is 0. The molecule has 24 heavy (non-hydrogen) atoms. The molecular formula is C20H30N2O2. The Kier molecular flexibility index (Phi) is 6.13. The van der Waals surface area contributed by atoms with Crippen molar-refractivity contribution in [3.05, 3.63) is 29.8 Å². The molecule has 132 valence electrons. The van der Waals surface area contributed by atoms with Gasteiger partial charge in [-0.05, 0) is 56.5 Å². The van der Waals surface area contributed by atoms with E-state index in [0.29, 0.717) is 12.5 Å². The van der Waals surface area contributed by atoms with E-state index in [2.05, 4.69) is 9.80 Å². The summed E-state index contributed by atoms with van der Waals surface area (Å²) in [6.45, 7) is 4.33. The largest absolute Gasteiger partial charge is 0.497 e. The third kappa shape index (κ3) is 4.50. The van der Waals surface area contributed by atoms with Gasteiger partial charge in [-0.25, -0.2) is 0 Å². The Morgan fingerprint density at radius 3 is 2.21 bits per heavy atom. The van der Waals surface area contributed by atoms with Gasteiger partial charge in [-0.2, -0.15) is 0 Å². The number of amides is 1. The first kappa shape index (κ1) is 17.3. The normalized spacial score (nSPS) is 20.6. The number of ether oxygens (including phenoxy) is 1. The molecule has 0 N–H and O–H groups in total. The Labute approximate surface area is 145 Å². The Hall–Kier alpha value is -1.55. The Bertz CT molecular complexity index is 513. The Morgan fingerprint density at radius 2 is 1.62 bits per heavy atom. The first-order chi connectivity index (χ1) is 11.8. The van der Waals surface area contributed by atoms with E-state index >= 15 is 0 Å². The van der Waals surface area contributed by atoms with Crippen molar-refractivity contribution in [2.75, 3.05) is 33.3 Å². The van der Waals surface area contributed by atoms with Crippen molar-refractivity contribution in [2.45, 2.75) is 51.0 Å². The number of hydrogen-bond donors (Lipinski definition) is 0. The monoisotopic (exact) mass is 330 g/mol. The van der Waals surface area contributed by atoms with Gasteiger partial charge in [0.15, 0.2) is 0 Å². The van der Waals surface area contributed by atoms with Gasteiger partial charge in [-0.15, -0.1) is 0 Å². The summed E-state index contributed by atoms with van der Waals surface area (Å²) in [7, 11) is 1.66. The molecular weight excluding hydrogens is 300 g/mol. The van der Waals surface area contributed by atoms with Crippen LogP contribution in [0.3, 0.4) is 0 Å². The molecule has 0 aliphatic carbocycles. The lowest BCUT2D eigenvalue weighted by atomic mass is 10.0. The Morgan fingerprint density at radius 1 is 1.00 bits per heavy atom. The predicted molar refractivity (Wildman–Crippen MR) is 96.3 cm³/mol. The first-order valence-electron chi connectivity index (χ1n) is 9.41. The number of likely N-dealkylation sites (tertiary alicyclic amines) is 2. The van der Waals surface area contributed by atoms with Crippen molar-refractivity contribution in [2.24, 2.45) is 0 Å². The van der Waals surface area contributed by atoms with Crippen LogP contribution in [0.1, 0.15) is 44.1 Å². The molecule has 0 unspecified atom stereocenters. The second kappa shape index (κ2) is 8.52. The van der Waals surface area contributed by atoms with E-state index in [1.807, 2.05) is 24.3 Å². The van der Waals surface area contributed by atoms with E-state index in [4.69, 9.17) is 4.74 Å². The summed E-state index contributed by atoms with van der Waals surface area (Å²) in [5, 5.41) is 0. The maximum atomic E-state index is 12.5. The SMILES string of the molecule is COc1ccc(CC(=O)N2CCC(N3CCCCCC3)CC2)cc1. The molecule has 0 spiro atoms. The maximum Gasteiger partial charge on any atom is 0.226 e. The van der Waals surface area contributed by atoms with Crippen LogP contribution >= 0.6 is 0 Å². The molecule has 0 bridgehead atoms. The smallest absolute Gasteiger partial charge is 0.226 e. The minimum absolute atomic E-state index is 0.259. The molecule has 2 aliphatic heterocycles. The molecule has 0 atom stereocenters. The molecule has 2 heterocycles.